The summed E-state index contributed by atoms with van der Waals surface area (Å²) >= 11 is 0. The number of aliphatic hydroxyl groups is 1. The summed E-state index contributed by atoms with van der Waals surface area (Å²) in [6.07, 6.45) is 4.01. The van der Waals surface area contributed by atoms with Crippen molar-refractivity contribution >= 4 is 22.7 Å². The van der Waals surface area contributed by atoms with Crippen LogP contribution in [0.4, 0.5) is 10.5 Å². The predicted molar refractivity (Wildman–Crippen MR) is 220 cm³/mol. The van der Waals surface area contributed by atoms with Gasteiger partial charge in [0.05, 0.1) is 17.3 Å². The predicted octanol–water partition coefficient (Wildman–Crippen LogP) is 8.45. The Bertz CT molecular complexity index is 2300. The summed E-state index contributed by atoms with van der Waals surface area (Å²) in [5.74, 6) is 1.41. The Morgan fingerprint density at radius 2 is 1.48 bits per heavy atom. The van der Waals surface area contributed by atoms with Crippen molar-refractivity contribution in [3.63, 3.8) is 0 Å². The lowest BCUT2D eigenvalue weighted by Gasteiger charge is -2.35. The highest BCUT2D eigenvalue weighted by atomic mass is 16.5. The summed E-state index contributed by atoms with van der Waals surface area (Å²) in [6.45, 7) is 0.815. The SMILES string of the molecule is NC1CCC(N(C(=O)O)c2cc(CCCc3ccc(Oc4ccc(CNC[C@H](O)c5ccc(O)c6[nH]c(=O)ccc56)cc4)cc3)ccc2-c2ccccc2)CC1. The number of ether oxygens (including phenoxy) is 1. The zero-order valence-electron chi connectivity index (χ0n) is 31.2. The van der Waals surface area contributed by atoms with E-state index in [4.69, 9.17) is 10.5 Å². The molecule has 1 atom stereocenters. The van der Waals surface area contributed by atoms with Crippen LogP contribution in [0.5, 0.6) is 17.2 Å². The molecular formula is C46H48N4O6. The summed E-state index contributed by atoms with van der Waals surface area (Å²) in [7, 11) is 0. The van der Waals surface area contributed by atoms with Gasteiger partial charge in [0.1, 0.15) is 17.2 Å². The summed E-state index contributed by atoms with van der Waals surface area (Å²) in [4.78, 5) is 28.7. The van der Waals surface area contributed by atoms with E-state index in [1.54, 1.807) is 17.0 Å². The van der Waals surface area contributed by atoms with Crippen molar-refractivity contribution in [1.82, 2.24) is 10.3 Å². The monoisotopic (exact) mass is 752 g/mol. The Kier molecular flexibility index (Phi) is 12.1. The molecule has 0 spiro atoms. The number of amides is 1. The third-order valence-corrected chi connectivity index (χ3v) is 10.7. The quantitative estimate of drug-likeness (QED) is 0.0646. The topological polar surface area (TPSA) is 161 Å². The fourth-order valence-corrected chi connectivity index (χ4v) is 7.65. The Morgan fingerprint density at radius 1 is 0.821 bits per heavy atom. The molecule has 10 heteroatoms. The number of pyridine rings is 1. The van der Waals surface area contributed by atoms with Crippen molar-refractivity contribution in [3.8, 4) is 28.4 Å². The van der Waals surface area contributed by atoms with Gasteiger partial charge in [0.15, 0.2) is 0 Å². The lowest BCUT2D eigenvalue weighted by Crippen LogP contribution is -2.44. The van der Waals surface area contributed by atoms with E-state index in [1.165, 1.54) is 17.7 Å². The van der Waals surface area contributed by atoms with Crippen LogP contribution in [0.15, 0.2) is 126 Å². The van der Waals surface area contributed by atoms with Gasteiger partial charge in [0, 0.05) is 42.2 Å². The molecule has 6 aromatic rings. The van der Waals surface area contributed by atoms with Gasteiger partial charge >= 0.3 is 6.09 Å². The number of aromatic nitrogens is 1. The molecule has 56 heavy (non-hydrogen) atoms. The summed E-state index contributed by atoms with van der Waals surface area (Å²) in [5, 5.41) is 35.3. The largest absolute Gasteiger partial charge is 0.506 e. The minimum Gasteiger partial charge on any atom is -0.506 e. The summed E-state index contributed by atoms with van der Waals surface area (Å²) in [5.41, 5.74) is 12.8. The van der Waals surface area contributed by atoms with Crippen LogP contribution >= 0.6 is 0 Å². The maximum atomic E-state index is 12.7. The molecule has 0 saturated heterocycles. The number of anilines is 1. The molecule has 288 valence electrons. The first-order chi connectivity index (χ1) is 27.2. The Hall–Kier alpha value is -5.94. The van der Waals surface area contributed by atoms with E-state index in [2.05, 4.69) is 40.6 Å². The number of carboxylic acid groups (broad SMARTS) is 1. The fourth-order valence-electron chi connectivity index (χ4n) is 7.65. The highest BCUT2D eigenvalue weighted by Gasteiger charge is 2.30. The number of H-pyrrole nitrogens is 1. The van der Waals surface area contributed by atoms with Gasteiger partial charge in [-0.15, -0.1) is 0 Å². The second-order valence-electron chi connectivity index (χ2n) is 14.6. The molecule has 5 aromatic carbocycles. The number of aromatic amines is 1. The number of aromatic hydroxyl groups is 1. The number of hydrogen-bond donors (Lipinski definition) is 6. The van der Waals surface area contributed by atoms with E-state index < -0.39 is 12.2 Å². The number of nitrogens with two attached hydrogens (primary N) is 1. The van der Waals surface area contributed by atoms with E-state index in [0.717, 1.165) is 78.6 Å². The van der Waals surface area contributed by atoms with E-state index in [9.17, 15) is 24.9 Å². The van der Waals surface area contributed by atoms with Crippen LogP contribution < -0.4 is 26.2 Å². The number of benzene rings is 5. The third kappa shape index (κ3) is 9.29. The molecule has 1 aliphatic carbocycles. The molecule has 1 heterocycles. The van der Waals surface area contributed by atoms with Crippen molar-refractivity contribution in [2.75, 3.05) is 11.4 Å². The van der Waals surface area contributed by atoms with Gasteiger partial charge < -0.3 is 36.1 Å². The van der Waals surface area contributed by atoms with Gasteiger partial charge in [-0.3, -0.25) is 9.69 Å². The van der Waals surface area contributed by atoms with Gasteiger partial charge in [-0.25, -0.2) is 4.79 Å². The molecule has 0 aliphatic heterocycles. The molecule has 10 nitrogen and oxygen atoms in total. The number of rotatable bonds is 14. The van der Waals surface area contributed by atoms with Crippen LogP contribution in [0.3, 0.4) is 0 Å². The summed E-state index contributed by atoms with van der Waals surface area (Å²) < 4.78 is 6.11. The molecular weight excluding hydrogens is 705 g/mol. The van der Waals surface area contributed by atoms with Crippen molar-refractivity contribution in [2.45, 2.75) is 69.7 Å². The third-order valence-electron chi connectivity index (χ3n) is 10.7. The number of nitrogens with one attached hydrogen (secondary N) is 2. The molecule has 0 unspecified atom stereocenters. The number of nitrogens with zero attached hydrogens (tertiary/aromatic N) is 1. The molecule has 0 bridgehead atoms. The van der Waals surface area contributed by atoms with Crippen LogP contribution in [0.1, 0.15) is 60.5 Å². The Morgan fingerprint density at radius 3 is 2.18 bits per heavy atom. The average molecular weight is 753 g/mol. The Balaban J connectivity index is 0.917. The highest BCUT2D eigenvalue weighted by Crippen LogP contribution is 2.37. The van der Waals surface area contributed by atoms with Crippen molar-refractivity contribution < 1.29 is 24.9 Å². The number of carbonyl (C=O) groups is 1. The molecule has 7 N–H and O–H groups in total. The highest BCUT2D eigenvalue weighted by molar-refractivity contribution is 5.94. The molecule has 7 rings (SSSR count). The van der Waals surface area contributed by atoms with E-state index in [0.29, 0.717) is 28.8 Å². The lowest BCUT2D eigenvalue weighted by molar-refractivity contribution is 0.176. The van der Waals surface area contributed by atoms with Gasteiger partial charge in [-0.1, -0.05) is 72.8 Å². The van der Waals surface area contributed by atoms with Crippen LogP contribution in [0, 0.1) is 0 Å². The van der Waals surface area contributed by atoms with Crippen LogP contribution in [0.2, 0.25) is 0 Å². The second kappa shape index (κ2) is 17.7. The second-order valence-corrected chi connectivity index (χ2v) is 14.6. The van der Waals surface area contributed by atoms with E-state index in [1.807, 2.05) is 66.7 Å². The van der Waals surface area contributed by atoms with Crippen LogP contribution in [0.25, 0.3) is 22.0 Å². The minimum atomic E-state index is -0.926. The number of phenolic OH excluding ortho intramolecular Hbond substituents is 1. The number of phenols is 1. The Labute approximate surface area is 326 Å². The van der Waals surface area contributed by atoms with Gasteiger partial charge in [-0.2, -0.15) is 0 Å². The van der Waals surface area contributed by atoms with Crippen LogP contribution in [-0.2, 0) is 19.4 Å². The number of fused-ring (bicyclic) bond motifs is 1. The standard InChI is InChI=1S/C46H48N4O6/c47-34-14-16-35(17-15-34)50(46(54)55)41-27-31(13-22-38(41)33-7-2-1-3-8-33)6-4-5-30-9-18-36(19-10-30)56-37-20-11-32(12-21-37)28-48-29-43(52)39-23-25-42(51)45-40(39)24-26-44(53)49-45/h1-3,7-13,18-27,34-35,43,48,51-52H,4-6,14-17,28-29,47H2,(H,49,53)(H,54,55)/t34?,35?,43-/m0/s1. The first-order valence-electron chi connectivity index (χ1n) is 19.3. The van der Waals surface area contributed by atoms with Crippen molar-refractivity contribution in [1.29, 1.82) is 0 Å². The number of aliphatic hydroxyl groups excluding tert-OH is 1. The molecule has 0 radical (unpaired) electrons. The van der Waals surface area contributed by atoms with Crippen LogP contribution in [-0.4, -0.2) is 45.0 Å². The van der Waals surface area contributed by atoms with Crippen molar-refractivity contribution in [3.05, 3.63) is 154 Å². The summed E-state index contributed by atoms with van der Waals surface area (Å²) in [6, 6.07) is 38.3. The number of hydrogen-bond acceptors (Lipinski definition) is 7. The maximum absolute atomic E-state index is 12.7. The maximum Gasteiger partial charge on any atom is 0.412 e. The van der Waals surface area contributed by atoms with Gasteiger partial charge in [0.2, 0.25) is 5.56 Å². The normalized spacial score (nSPS) is 16.0. The average Bonchev–Trinajstić information content (AvgIpc) is 3.21. The molecule has 1 amide bonds. The zero-order chi connectivity index (χ0) is 39.0. The first-order valence-corrected chi connectivity index (χ1v) is 19.3. The number of aryl methyl sites for hydroxylation is 2. The fraction of sp³-hybridized carbons (Fsp3) is 0.261. The van der Waals surface area contributed by atoms with Gasteiger partial charge in [0.25, 0.3) is 0 Å². The molecule has 1 fully saturated rings. The smallest absolute Gasteiger partial charge is 0.412 e. The van der Waals surface area contributed by atoms with Crippen molar-refractivity contribution in [2.24, 2.45) is 5.73 Å². The lowest BCUT2D eigenvalue weighted by atomic mass is 9.89. The molecule has 1 aliphatic rings. The zero-order valence-corrected chi connectivity index (χ0v) is 31.2. The van der Waals surface area contributed by atoms with Gasteiger partial charge in [-0.05, 0) is 115 Å². The minimum absolute atomic E-state index is 0.0412. The van der Waals surface area contributed by atoms with E-state index >= 15 is 0 Å². The first kappa shape index (κ1) is 38.3. The van der Waals surface area contributed by atoms with E-state index in [-0.39, 0.29) is 29.9 Å². The molecule has 1 saturated carbocycles. The molecule has 1 aromatic heterocycles.